The number of rotatable bonds is 5. The zero-order chi connectivity index (χ0) is 41.9. The predicted molar refractivity (Wildman–Crippen MR) is 273 cm³/mol. The van der Waals surface area contributed by atoms with Crippen molar-refractivity contribution in [2.75, 3.05) is 0 Å². The molecule has 0 amide bonds. The Hall–Kier alpha value is -8.18. The van der Waals surface area contributed by atoms with Gasteiger partial charge in [-0.25, -0.2) is 0 Å². The maximum atomic E-state index is 2.55. The number of fused-ring (bicyclic) bond motifs is 12. The van der Waals surface area contributed by atoms with Gasteiger partial charge in [0.2, 0.25) is 0 Å². The summed E-state index contributed by atoms with van der Waals surface area (Å²) < 4.78 is 10.0. The maximum absolute atomic E-state index is 2.55. The standard InChI is InChI=1S/C60H37N3S/c1-2-16-38(17-3-1)41-18-4-5-19-42(41)47-32-35-58-59(48-24-10-15-29-57(48)64-58)60(47)63-54-28-14-9-23-46(54)50-37-40(31-34-56(50)63)62-53-27-13-8-22-45(53)49-36-39(30-33-55(49)62)61-51-25-11-6-20-43(51)44-21-7-12-26-52(44)61/h1-37H. The molecule has 14 rings (SSSR count). The molecule has 0 aliphatic carbocycles. The predicted octanol–water partition coefficient (Wildman–Crippen LogP) is 16.7. The highest BCUT2D eigenvalue weighted by Crippen LogP contribution is 2.47. The molecule has 0 radical (unpaired) electrons. The van der Waals surface area contributed by atoms with Crippen LogP contribution < -0.4 is 0 Å². The first kappa shape index (κ1) is 35.4. The lowest BCUT2D eigenvalue weighted by Crippen LogP contribution is -2.00. The van der Waals surface area contributed by atoms with Crippen molar-refractivity contribution in [2.24, 2.45) is 0 Å². The largest absolute Gasteiger partial charge is 0.309 e. The Morgan fingerprint density at radius 1 is 0.266 bits per heavy atom. The van der Waals surface area contributed by atoms with Gasteiger partial charge in [-0.05, 0) is 89.5 Å². The van der Waals surface area contributed by atoms with Crippen LogP contribution in [0.25, 0.3) is 125 Å². The van der Waals surface area contributed by atoms with Crippen LogP contribution in [0.15, 0.2) is 224 Å². The van der Waals surface area contributed by atoms with E-state index in [2.05, 4.69) is 238 Å². The molecule has 64 heavy (non-hydrogen) atoms. The van der Waals surface area contributed by atoms with Crippen molar-refractivity contribution in [2.45, 2.75) is 0 Å². The van der Waals surface area contributed by atoms with Crippen molar-refractivity contribution in [1.29, 1.82) is 0 Å². The molecule has 3 nitrogen and oxygen atoms in total. The average Bonchev–Trinajstić information content (AvgIpc) is 4.10. The van der Waals surface area contributed by atoms with Gasteiger partial charge in [0, 0.05) is 69.4 Å². The van der Waals surface area contributed by atoms with Crippen LogP contribution in [-0.2, 0) is 0 Å². The number of hydrogen-bond donors (Lipinski definition) is 0. The lowest BCUT2D eigenvalue weighted by atomic mass is 9.92. The summed E-state index contributed by atoms with van der Waals surface area (Å²) in [5.74, 6) is 0. The van der Waals surface area contributed by atoms with Crippen LogP contribution in [0.1, 0.15) is 0 Å². The van der Waals surface area contributed by atoms with Crippen molar-refractivity contribution in [3.8, 4) is 39.3 Å². The van der Waals surface area contributed by atoms with E-state index in [-0.39, 0.29) is 0 Å². The fourth-order valence-corrected chi connectivity index (χ4v) is 11.9. The molecule has 10 aromatic carbocycles. The normalized spacial score (nSPS) is 12.1. The van der Waals surface area contributed by atoms with E-state index in [0.29, 0.717) is 0 Å². The van der Waals surface area contributed by atoms with E-state index in [0.717, 1.165) is 11.4 Å². The van der Waals surface area contributed by atoms with Crippen LogP contribution >= 0.6 is 11.3 Å². The Labute approximate surface area is 372 Å². The third kappa shape index (κ3) is 5.03. The first-order valence-corrected chi connectivity index (χ1v) is 22.7. The molecule has 0 aliphatic rings. The molecule has 0 bridgehead atoms. The maximum Gasteiger partial charge on any atom is 0.0633 e. The van der Waals surface area contributed by atoms with Gasteiger partial charge in [-0.2, -0.15) is 0 Å². The third-order valence-electron chi connectivity index (χ3n) is 13.5. The molecule has 0 saturated heterocycles. The lowest BCUT2D eigenvalue weighted by molar-refractivity contribution is 1.16. The summed E-state index contributed by atoms with van der Waals surface area (Å²) >= 11 is 1.87. The Bertz CT molecular complexity index is 4140. The van der Waals surface area contributed by atoms with E-state index in [1.165, 1.54) is 114 Å². The molecule has 0 fully saturated rings. The van der Waals surface area contributed by atoms with E-state index < -0.39 is 0 Å². The number of nitrogens with zero attached hydrogens (tertiary/aromatic N) is 3. The minimum absolute atomic E-state index is 1.14. The second-order valence-electron chi connectivity index (χ2n) is 16.8. The van der Waals surface area contributed by atoms with Gasteiger partial charge in [-0.1, -0.05) is 152 Å². The van der Waals surface area contributed by atoms with Gasteiger partial charge in [0.05, 0.1) is 38.8 Å². The molecule has 0 spiro atoms. The van der Waals surface area contributed by atoms with E-state index in [1.807, 2.05) is 11.3 Å². The Balaban J connectivity index is 1.03. The summed E-state index contributed by atoms with van der Waals surface area (Å²) in [6.07, 6.45) is 0. The molecule has 0 N–H and O–H groups in total. The molecule has 298 valence electrons. The number of benzene rings is 10. The fourth-order valence-electron chi connectivity index (χ4n) is 10.8. The SMILES string of the molecule is c1ccc(-c2ccccc2-c2ccc3sc4ccccc4c3c2-n2c3ccccc3c3cc(-n4c5ccccc5c5cc(-n6c7ccccc7c7ccccc76)ccc54)ccc32)cc1. The summed E-state index contributed by atoms with van der Waals surface area (Å²) in [5.41, 5.74) is 15.5. The summed E-state index contributed by atoms with van der Waals surface area (Å²) in [6, 6.07) is 82.7. The van der Waals surface area contributed by atoms with Gasteiger partial charge in [-0.15, -0.1) is 11.3 Å². The van der Waals surface area contributed by atoms with Gasteiger partial charge in [0.25, 0.3) is 0 Å². The van der Waals surface area contributed by atoms with Gasteiger partial charge >= 0.3 is 0 Å². The minimum Gasteiger partial charge on any atom is -0.309 e. The highest BCUT2D eigenvalue weighted by Gasteiger charge is 2.24. The highest BCUT2D eigenvalue weighted by molar-refractivity contribution is 7.25. The molecule has 0 unspecified atom stereocenters. The molecule has 14 aromatic rings. The number of para-hydroxylation sites is 4. The summed E-state index contributed by atoms with van der Waals surface area (Å²) in [5, 5.41) is 10.0. The van der Waals surface area contributed by atoms with Crippen LogP contribution in [-0.4, -0.2) is 13.7 Å². The van der Waals surface area contributed by atoms with Crippen molar-refractivity contribution >= 4 is 96.9 Å². The molecular weight excluding hydrogens is 795 g/mol. The average molecular weight is 832 g/mol. The quantitative estimate of drug-likeness (QED) is 0.164. The van der Waals surface area contributed by atoms with Crippen molar-refractivity contribution in [3.63, 3.8) is 0 Å². The zero-order valence-corrected chi connectivity index (χ0v) is 35.4. The first-order chi connectivity index (χ1) is 31.8. The summed E-state index contributed by atoms with van der Waals surface area (Å²) in [7, 11) is 0. The van der Waals surface area contributed by atoms with Crippen LogP contribution in [0.2, 0.25) is 0 Å². The third-order valence-corrected chi connectivity index (χ3v) is 14.6. The lowest BCUT2D eigenvalue weighted by Gasteiger charge is -2.19. The summed E-state index contributed by atoms with van der Waals surface area (Å²) in [6.45, 7) is 0. The first-order valence-electron chi connectivity index (χ1n) is 21.9. The van der Waals surface area contributed by atoms with E-state index in [1.54, 1.807) is 0 Å². The minimum atomic E-state index is 1.14. The van der Waals surface area contributed by atoms with Crippen LogP contribution in [0.4, 0.5) is 0 Å². The summed E-state index contributed by atoms with van der Waals surface area (Å²) in [4.78, 5) is 0. The Morgan fingerprint density at radius 2 is 0.703 bits per heavy atom. The fraction of sp³-hybridized carbons (Fsp3) is 0. The van der Waals surface area contributed by atoms with Gasteiger partial charge < -0.3 is 13.7 Å². The van der Waals surface area contributed by atoms with Crippen molar-refractivity contribution in [1.82, 2.24) is 13.7 Å². The molecule has 4 aromatic heterocycles. The monoisotopic (exact) mass is 831 g/mol. The number of hydrogen-bond acceptors (Lipinski definition) is 1. The van der Waals surface area contributed by atoms with Crippen LogP contribution in [0.5, 0.6) is 0 Å². The second kappa shape index (κ2) is 13.7. The van der Waals surface area contributed by atoms with Crippen molar-refractivity contribution < 1.29 is 0 Å². The second-order valence-corrected chi connectivity index (χ2v) is 17.9. The van der Waals surface area contributed by atoms with Gasteiger partial charge in [0.1, 0.15) is 0 Å². The van der Waals surface area contributed by atoms with Crippen molar-refractivity contribution in [3.05, 3.63) is 224 Å². The van der Waals surface area contributed by atoms with Crippen LogP contribution in [0.3, 0.4) is 0 Å². The van der Waals surface area contributed by atoms with E-state index in [9.17, 15) is 0 Å². The molecule has 0 aliphatic heterocycles. The number of aromatic nitrogens is 3. The Morgan fingerprint density at radius 3 is 1.30 bits per heavy atom. The van der Waals surface area contributed by atoms with E-state index in [4.69, 9.17) is 0 Å². The smallest absolute Gasteiger partial charge is 0.0633 e. The molecule has 4 heteroatoms. The Kier molecular flexibility index (Phi) is 7.56. The van der Waals surface area contributed by atoms with Gasteiger partial charge in [0.15, 0.2) is 0 Å². The van der Waals surface area contributed by atoms with E-state index >= 15 is 0 Å². The molecule has 0 saturated carbocycles. The number of thiophene rings is 1. The molecule has 4 heterocycles. The molecular formula is C60H37N3S. The zero-order valence-electron chi connectivity index (χ0n) is 34.6. The van der Waals surface area contributed by atoms with Gasteiger partial charge in [-0.3, -0.25) is 0 Å². The molecule has 0 atom stereocenters. The highest BCUT2D eigenvalue weighted by atomic mass is 32.1. The topological polar surface area (TPSA) is 14.8 Å². The van der Waals surface area contributed by atoms with Crippen LogP contribution in [0, 0.1) is 0 Å².